The van der Waals surface area contributed by atoms with E-state index in [2.05, 4.69) is 5.10 Å². The number of rotatable bonds is 2. The smallest absolute Gasteiger partial charge is 0.362 e. The van der Waals surface area contributed by atoms with E-state index in [0.717, 1.165) is 24.3 Å². The molecule has 0 aliphatic carbocycles. The quantitative estimate of drug-likeness (QED) is 0.843. The zero-order valence-electron chi connectivity index (χ0n) is 12.7. The van der Waals surface area contributed by atoms with Crippen LogP contribution in [0, 0.1) is 5.82 Å². The van der Waals surface area contributed by atoms with Crippen LogP contribution >= 0.6 is 0 Å². The Kier molecular flexibility index (Phi) is 4.08. The van der Waals surface area contributed by atoms with Gasteiger partial charge in [-0.05, 0) is 29.8 Å². The normalized spacial score (nSPS) is 20.5. The first-order valence-electron chi connectivity index (χ1n) is 7.24. The number of hydrazone groups is 1. The predicted molar refractivity (Wildman–Crippen MR) is 81.2 cm³/mol. The first-order chi connectivity index (χ1) is 11.7. The second kappa shape index (κ2) is 5.96. The van der Waals surface area contributed by atoms with Crippen LogP contribution < -0.4 is 0 Å². The van der Waals surface area contributed by atoms with Crippen molar-refractivity contribution in [1.29, 1.82) is 0 Å². The van der Waals surface area contributed by atoms with Gasteiger partial charge >= 0.3 is 6.18 Å². The van der Waals surface area contributed by atoms with Crippen LogP contribution in [0.4, 0.5) is 17.6 Å². The third-order valence-electron chi connectivity index (χ3n) is 3.83. The highest BCUT2D eigenvalue weighted by molar-refractivity contribution is 6.05. The van der Waals surface area contributed by atoms with E-state index in [1.165, 1.54) is 12.1 Å². The third kappa shape index (κ3) is 3.00. The number of amides is 1. The molecule has 1 aliphatic heterocycles. The minimum absolute atomic E-state index is 0.0164. The molecule has 0 radical (unpaired) electrons. The molecule has 1 atom stereocenters. The molecule has 0 bridgehead atoms. The van der Waals surface area contributed by atoms with E-state index >= 15 is 0 Å². The molecule has 2 aromatic carbocycles. The average Bonchev–Trinajstić information content (AvgIpc) is 2.95. The van der Waals surface area contributed by atoms with Crippen molar-refractivity contribution >= 4 is 11.6 Å². The van der Waals surface area contributed by atoms with Gasteiger partial charge in [0.2, 0.25) is 0 Å². The van der Waals surface area contributed by atoms with Crippen molar-refractivity contribution in [3.63, 3.8) is 0 Å². The summed E-state index contributed by atoms with van der Waals surface area (Å²) in [5, 5.41) is 13.9. The Morgan fingerprint density at radius 1 is 1.08 bits per heavy atom. The zero-order valence-corrected chi connectivity index (χ0v) is 12.7. The summed E-state index contributed by atoms with van der Waals surface area (Å²) in [7, 11) is 0. The molecule has 130 valence electrons. The largest absolute Gasteiger partial charge is 0.438 e. The molecule has 1 aliphatic rings. The lowest BCUT2D eigenvalue weighted by molar-refractivity contribution is -0.297. The highest BCUT2D eigenvalue weighted by atomic mass is 19.4. The van der Waals surface area contributed by atoms with Crippen molar-refractivity contribution in [3.8, 4) is 0 Å². The highest BCUT2D eigenvalue weighted by Gasteiger charge is 2.63. The number of carbonyl (C=O) groups excluding carboxylic acids is 1. The van der Waals surface area contributed by atoms with Crippen LogP contribution in [-0.2, 0) is 0 Å². The van der Waals surface area contributed by atoms with Crippen LogP contribution in [0.15, 0.2) is 59.7 Å². The molecule has 8 heteroatoms. The van der Waals surface area contributed by atoms with E-state index in [1.807, 2.05) is 0 Å². The van der Waals surface area contributed by atoms with Gasteiger partial charge in [0, 0.05) is 5.56 Å². The maximum absolute atomic E-state index is 13.4. The summed E-state index contributed by atoms with van der Waals surface area (Å²) in [6.07, 6.45) is -6.02. The van der Waals surface area contributed by atoms with Crippen LogP contribution in [0.25, 0.3) is 0 Å². The number of alkyl halides is 3. The van der Waals surface area contributed by atoms with Gasteiger partial charge in [-0.1, -0.05) is 30.3 Å². The number of aliphatic hydroxyl groups is 1. The van der Waals surface area contributed by atoms with Crippen LogP contribution in [0.5, 0.6) is 0 Å². The molecule has 1 unspecified atom stereocenters. The maximum atomic E-state index is 13.4. The molecular weight excluding hydrogens is 340 g/mol. The van der Waals surface area contributed by atoms with Gasteiger partial charge in [0.15, 0.2) is 0 Å². The number of benzene rings is 2. The van der Waals surface area contributed by atoms with E-state index in [-0.39, 0.29) is 16.3 Å². The zero-order chi connectivity index (χ0) is 18.2. The fraction of sp³-hybridized carbons (Fsp3) is 0.176. The standard InChI is InChI=1S/C17H12F4N2O2/c18-13-8-6-12(7-9-13)15(24)23-16(25,17(19,20)21)10-14(22-23)11-4-2-1-3-5-11/h1-9,25H,10H2. The minimum atomic E-state index is -5.12. The number of hydrogen-bond donors (Lipinski definition) is 1. The van der Waals surface area contributed by atoms with E-state index in [9.17, 15) is 27.5 Å². The molecule has 0 saturated heterocycles. The van der Waals surface area contributed by atoms with E-state index in [1.54, 1.807) is 18.2 Å². The van der Waals surface area contributed by atoms with E-state index in [4.69, 9.17) is 0 Å². The lowest BCUT2D eigenvalue weighted by Gasteiger charge is -2.32. The van der Waals surface area contributed by atoms with Gasteiger partial charge in [-0.2, -0.15) is 23.3 Å². The first kappa shape index (κ1) is 17.1. The molecule has 1 amide bonds. The van der Waals surface area contributed by atoms with Crippen molar-refractivity contribution in [3.05, 3.63) is 71.5 Å². The van der Waals surface area contributed by atoms with E-state index in [0.29, 0.717) is 5.56 Å². The van der Waals surface area contributed by atoms with Crippen molar-refractivity contribution < 1.29 is 27.5 Å². The fourth-order valence-electron chi connectivity index (χ4n) is 2.49. The average molecular weight is 352 g/mol. The summed E-state index contributed by atoms with van der Waals surface area (Å²) in [5.74, 6) is -1.82. The highest BCUT2D eigenvalue weighted by Crippen LogP contribution is 2.41. The van der Waals surface area contributed by atoms with Gasteiger partial charge in [-0.25, -0.2) is 4.39 Å². The molecular formula is C17H12F4N2O2. The monoisotopic (exact) mass is 352 g/mol. The molecule has 1 N–H and O–H groups in total. The number of halogens is 4. The summed E-state index contributed by atoms with van der Waals surface area (Å²) < 4.78 is 53.3. The Bertz CT molecular complexity index is 819. The van der Waals surface area contributed by atoms with Crippen molar-refractivity contribution in [2.75, 3.05) is 0 Å². The first-order valence-corrected chi connectivity index (χ1v) is 7.24. The van der Waals surface area contributed by atoms with Gasteiger partial charge in [0.1, 0.15) is 5.82 Å². The number of nitrogens with zero attached hydrogens (tertiary/aromatic N) is 2. The van der Waals surface area contributed by atoms with Gasteiger partial charge in [0.25, 0.3) is 11.6 Å². The Hall–Kier alpha value is -2.74. The molecule has 4 nitrogen and oxygen atoms in total. The van der Waals surface area contributed by atoms with Crippen molar-refractivity contribution in [1.82, 2.24) is 5.01 Å². The van der Waals surface area contributed by atoms with Crippen LogP contribution in [0.2, 0.25) is 0 Å². The Morgan fingerprint density at radius 3 is 2.24 bits per heavy atom. The fourth-order valence-corrected chi connectivity index (χ4v) is 2.49. The lowest BCUT2D eigenvalue weighted by atomic mass is 10.0. The predicted octanol–water partition coefficient (Wildman–Crippen LogP) is 3.33. The molecule has 3 rings (SSSR count). The molecule has 0 spiro atoms. The topological polar surface area (TPSA) is 52.9 Å². The van der Waals surface area contributed by atoms with Crippen molar-refractivity contribution in [2.45, 2.75) is 18.3 Å². The molecule has 1 heterocycles. The third-order valence-corrected chi connectivity index (χ3v) is 3.83. The van der Waals surface area contributed by atoms with Gasteiger partial charge in [-0.3, -0.25) is 4.79 Å². The van der Waals surface area contributed by atoms with Crippen molar-refractivity contribution in [2.24, 2.45) is 5.10 Å². The van der Waals surface area contributed by atoms with Gasteiger partial charge in [-0.15, -0.1) is 0 Å². The molecule has 25 heavy (non-hydrogen) atoms. The summed E-state index contributed by atoms with van der Waals surface area (Å²) in [6, 6.07) is 11.9. The maximum Gasteiger partial charge on any atom is 0.438 e. The second-order valence-corrected chi connectivity index (χ2v) is 5.53. The van der Waals surface area contributed by atoms with E-state index < -0.39 is 30.0 Å². The molecule has 2 aromatic rings. The summed E-state index contributed by atoms with van der Waals surface area (Å²) in [5.41, 5.74) is -3.40. The lowest BCUT2D eigenvalue weighted by Crippen LogP contribution is -2.56. The number of carbonyl (C=O) groups is 1. The molecule has 0 aromatic heterocycles. The van der Waals surface area contributed by atoms with Crippen LogP contribution in [0.1, 0.15) is 22.3 Å². The van der Waals surface area contributed by atoms with Crippen LogP contribution in [0.3, 0.4) is 0 Å². The molecule has 0 fully saturated rings. The molecule has 0 saturated carbocycles. The Labute approximate surface area is 140 Å². The summed E-state index contributed by atoms with van der Waals surface area (Å²) in [4.78, 5) is 12.4. The summed E-state index contributed by atoms with van der Waals surface area (Å²) in [6.45, 7) is 0. The minimum Gasteiger partial charge on any atom is -0.362 e. The van der Waals surface area contributed by atoms with Gasteiger partial charge in [0.05, 0.1) is 12.1 Å². The summed E-state index contributed by atoms with van der Waals surface area (Å²) >= 11 is 0. The Morgan fingerprint density at radius 2 is 1.68 bits per heavy atom. The second-order valence-electron chi connectivity index (χ2n) is 5.53. The van der Waals surface area contributed by atoms with Crippen LogP contribution in [-0.4, -0.2) is 33.6 Å². The SMILES string of the molecule is O=C(c1ccc(F)cc1)N1N=C(c2ccccc2)CC1(O)C(F)(F)F. The Balaban J connectivity index is 2.04. The van der Waals surface area contributed by atoms with Gasteiger partial charge < -0.3 is 5.11 Å². The number of hydrogen-bond acceptors (Lipinski definition) is 3.